The standard InChI is InChI=1S/C13H16N4O2/c1-19-11-4-2-9(3-5-11)17-13(18)12(14)6-10-7-15-8-16-10/h2-5,7-8,12H,6,14H2,1H3,(H,15,16)(H,17,18)/t12-/m1/s1. The Bertz CT molecular complexity index is 522. The monoisotopic (exact) mass is 260 g/mol. The van der Waals surface area contributed by atoms with Gasteiger partial charge in [0.2, 0.25) is 5.91 Å². The van der Waals surface area contributed by atoms with Crippen LogP contribution in [0, 0.1) is 0 Å². The molecule has 0 unspecified atom stereocenters. The van der Waals surface area contributed by atoms with Gasteiger partial charge in [-0.1, -0.05) is 0 Å². The van der Waals surface area contributed by atoms with Gasteiger partial charge in [0.25, 0.3) is 0 Å². The minimum absolute atomic E-state index is 0.236. The highest BCUT2D eigenvalue weighted by Crippen LogP contribution is 2.15. The van der Waals surface area contributed by atoms with E-state index < -0.39 is 6.04 Å². The smallest absolute Gasteiger partial charge is 0.241 e. The number of aromatic nitrogens is 2. The lowest BCUT2D eigenvalue weighted by Crippen LogP contribution is -2.37. The highest BCUT2D eigenvalue weighted by atomic mass is 16.5. The number of imidazole rings is 1. The fourth-order valence-electron chi connectivity index (χ4n) is 1.64. The summed E-state index contributed by atoms with van der Waals surface area (Å²) in [6, 6.07) is 6.45. The molecule has 6 nitrogen and oxygen atoms in total. The molecule has 2 aromatic rings. The zero-order valence-electron chi connectivity index (χ0n) is 10.6. The highest BCUT2D eigenvalue weighted by molar-refractivity contribution is 5.94. The summed E-state index contributed by atoms with van der Waals surface area (Å²) < 4.78 is 5.04. The SMILES string of the molecule is COc1ccc(NC(=O)[C@H](N)Cc2cnc[nH]2)cc1. The summed E-state index contributed by atoms with van der Waals surface area (Å²) in [5, 5.41) is 2.75. The molecule has 1 amide bonds. The Labute approximate surface area is 111 Å². The van der Waals surface area contributed by atoms with Gasteiger partial charge in [0.15, 0.2) is 0 Å². The van der Waals surface area contributed by atoms with Crippen LogP contribution in [0.2, 0.25) is 0 Å². The van der Waals surface area contributed by atoms with Crippen molar-refractivity contribution < 1.29 is 9.53 Å². The van der Waals surface area contributed by atoms with Crippen molar-refractivity contribution >= 4 is 11.6 Å². The molecular formula is C13H16N4O2. The van der Waals surface area contributed by atoms with E-state index in [9.17, 15) is 4.79 Å². The lowest BCUT2D eigenvalue weighted by molar-refractivity contribution is -0.117. The molecule has 0 bridgehead atoms. The topological polar surface area (TPSA) is 93.0 Å². The fourth-order valence-corrected chi connectivity index (χ4v) is 1.64. The molecular weight excluding hydrogens is 244 g/mol. The van der Waals surface area contributed by atoms with Gasteiger partial charge < -0.3 is 20.8 Å². The van der Waals surface area contributed by atoms with E-state index in [1.165, 1.54) is 0 Å². The number of amides is 1. The van der Waals surface area contributed by atoms with Crippen molar-refractivity contribution in [3.63, 3.8) is 0 Å². The molecule has 0 radical (unpaired) electrons. The maximum atomic E-state index is 11.9. The van der Waals surface area contributed by atoms with Crippen LogP contribution in [0.1, 0.15) is 5.69 Å². The van der Waals surface area contributed by atoms with Crippen molar-refractivity contribution in [1.29, 1.82) is 0 Å². The van der Waals surface area contributed by atoms with Crippen LogP contribution in [0.3, 0.4) is 0 Å². The predicted octanol–water partition coefficient (Wildman–Crippen LogP) is 0.927. The number of ether oxygens (including phenoxy) is 1. The van der Waals surface area contributed by atoms with Crippen LogP contribution in [0.15, 0.2) is 36.8 Å². The molecule has 1 heterocycles. The fraction of sp³-hybridized carbons (Fsp3) is 0.231. The van der Waals surface area contributed by atoms with Gasteiger partial charge in [-0.05, 0) is 24.3 Å². The number of methoxy groups -OCH3 is 1. The van der Waals surface area contributed by atoms with Crippen LogP contribution in [-0.2, 0) is 11.2 Å². The van der Waals surface area contributed by atoms with E-state index in [0.29, 0.717) is 12.1 Å². The van der Waals surface area contributed by atoms with Gasteiger partial charge in [0.05, 0.1) is 19.5 Å². The van der Waals surface area contributed by atoms with Gasteiger partial charge in [-0.2, -0.15) is 0 Å². The van der Waals surface area contributed by atoms with Crippen molar-refractivity contribution in [2.75, 3.05) is 12.4 Å². The third kappa shape index (κ3) is 3.56. The Morgan fingerprint density at radius 1 is 1.47 bits per heavy atom. The van der Waals surface area contributed by atoms with Crippen molar-refractivity contribution in [3.05, 3.63) is 42.5 Å². The Balaban J connectivity index is 1.92. The molecule has 100 valence electrons. The second-order valence-corrected chi connectivity index (χ2v) is 4.11. The van der Waals surface area contributed by atoms with Gasteiger partial charge >= 0.3 is 0 Å². The summed E-state index contributed by atoms with van der Waals surface area (Å²) in [5.41, 5.74) is 7.34. The predicted molar refractivity (Wildman–Crippen MR) is 71.9 cm³/mol. The molecule has 1 aromatic carbocycles. The minimum atomic E-state index is -0.623. The van der Waals surface area contributed by atoms with Crippen LogP contribution in [0.4, 0.5) is 5.69 Å². The van der Waals surface area contributed by atoms with Crippen LogP contribution < -0.4 is 15.8 Å². The van der Waals surface area contributed by atoms with Gasteiger partial charge in [-0.25, -0.2) is 4.98 Å². The van der Waals surface area contributed by atoms with E-state index in [4.69, 9.17) is 10.5 Å². The van der Waals surface area contributed by atoms with Gasteiger partial charge in [0, 0.05) is 24.0 Å². The van der Waals surface area contributed by atoms with E-state index >= 15 is 0 Å². The maximum Gasteiger partial charge on any atom is 0.241 e. The number of hydrogen-bond acceptors (Lipinski definition) is 4. The molecule has 0 aliphatic heterocycles. The molecule has 1 aromatic heterocycles. The molecule has 4 N–H and O–H groups in total. The third-order valence-electron chi connectivity index (χ3n) is 2.69. The number of carbonyl (C=O) groups is 1. The Kier molecular flexibility index (Phi) is 4.15. The molecule has 2 rings (SSSR count). The van der Waals surface area contributed by atoms with E-state index in [1.807, 2.05) is 0 Å². The molecule has 0 saturated heterocycles. The number of aromatic amines is 1. The van der Waals surface area contributed by atoms with Gasteiger partial charge in [-0.15, -0.1) is 0 Å². The third-order valence-corrected chi connectivity index (χ3v) is 2.69. The molecule has 6 heteroatoms. The van der Waals surface area contributed by atoms with Crippen LogP contribution in [-0.4, -0.2) is 29.0 Å². The summed E-state index contributed by atoms with van der Waals surface area (Å²) in [7, 11) is 1.59. The largest absolute Gasteiger partial charge is 0.497 e. The summed E-state index contributed by atoms with van der Waals surface area (Å²) in [4.78, 5) is 18.7. The van der Waals surface area contributed by atoms with Crippen molar-refractivity contribution in [2.24, 2.45) is 5.73 Å². The second-order valence-electron chi connectivity index (χ2n) is 4.11. The molecule has 0 fully saturated rings. The van der Waals surface area contributed by atoms with Crippen molar-refractivity contribution in [3.8, 4) is 5.75 Å². The van der Waals surface area contributed by atoms with Gasteiger partial charge in [-0.3, -0.25) is 4.79 Å². The lowest BCUT2D eigenvalue weighted by atomic mass is 10.1. The number of benzene rings is 1. The number of hydrogen-bond donors (Lipinski definition) is 3. The summed E-state index contributed by atoms with van der Waals surface area (Å²) >= 11 is 0. The second kappa shape index (κ2) is 6.01. The van der Waals surface area contributed by atoms with E-state index in [2.05, 4.69) is 15.3 Å². The lowest BCUT2D eigenvalue weighted by Gasteiger charge is -2.11. The van der Waals surface area contributed by atoms with Crippen LogP contribution >= 0.6 is 0 Å². The van der Waals surface area contributed by atoms with Gasteiger partial charge in [0.1, 0.15) is 5.75 Å². The van der Waals surface area contributed by atoms with Crippen molar-refractivity contribution in [1.82, 2.24) is 9.97 Å². The summed E-state index contributed by atoms with van der Waals surface area (Å²) in [6.45, 7) is 0. The molecule has 0 aliphatic rings. The molecule has 0 saturated carbocycles. The summed E-state index contributed by atoms with van der Waals surface area (Å²) in [6.07, 6.45) is 3.63. The summed E-state index contributed by atoms with van der Waals surface area (Å²) in [5.74, 6) is 0.500. The first-order valence-corrected chi connectivity index (χ1v) is 5.87. The van der Waals surface area contributed by atoms with E-state index in [1.54, 1.807) is 43.9 Å². The zero-order valence-corrected chi connectivity index (χ0v) is 10.6. The minimum Gasteiger partial charge on any atom is -0.497 e. The Morgan fingerprint density at radius 3 is 2.79 bits per heavy atom. The first-order valence-electron chi connectivity index (χ1n) is 5.87. The average Bonchev–Trinajstić information content (AvgIpc) is 2.92. The van der Waals surface area contributed by atoms with Crippen LogP contribution in [0.25, 0.3) is 0 Å². The van der Waals surface area contributed by atoms with Crippen molar-refractivity contribution in [2.45, 2.75) is 12.5 Å². The Morgan fingerprint density at radius 2 is 2.21 bits per heavy atom. The average molecular weight is 260 g/mol. The normalized spacial score (nSPS) is 11.9. The van der Waals surface area contributed by atoms with E-state index in [0.717, 1.165) is 11.4 Å². The number of anilines is 1. The molecule has 0 spiro atoms. The first-order chi connectivity index (χ1) is 9.19. The highest BCUT2D eigenvalue weighted by Gasteiger charge is 2.14. The number of nitrogens with one attached hydrogen (secondary N) is 2. The molecule has 1 atom stereocenters. The number of H-pyrrole nitrogens is 1. The number of nitrogens with two attached hydrogens (primary N) is 1. The van der Waals surface area contributed by atoms with E-state index in [-0.39, 0.29) is 5.91 Å². The molecule has 0 aliphatic carbocycles. The van der Waals surface area contributed by atoms with Crippen LogP contribution in [0.5, 0.6) is 5.75 Å². The Hall–Kier alpha value is -2.34. The number of nitrogens with zero attached hydrogens (tertiary/aromatic N) is 1. The molecule has 19 heavy (non-hydrogen) atoms. The maximum absolute atomic E-state index is 11.9. The number of rotatable bonds is 5. The zero-order chi connectivity index (χ0) is 13.7. The quantitative estimate of drug-likeness (QED) is 0.745. The first kappa shape index (κ1) is 13.1. The number of carbonyl (C=O) groups excluding carboxylic acids is 1.